The fourth-order valence-corrected chi connectivity index (χ4v) is 2.86. The van der Waals surface area contributed by atoms with Gasteiger partial charge >= 0.3 is 0 Å². The highest BCUT2D eigenvalue weighted by Gasteiger charge is 2.10. The molecule has 1 aromatic carbocycles. The summed E-state index contributed by atoms with van der Waals surface area (Å²) in [5.41, 5.74) is 1.42. The maximum Gasteiger partial charge on any atom is 0.257 e. The zero-order valence-corrected chi connectivity index (χ0v) is 13.9. The third-order valence-corrected chi connectivity index (χ3v) is 4.41. The van der Waals surface area contributed by atoms with Gasteiger partial charge in [-0.2, -0.15) is 0 Å². The molecule has 24 heavy (non-hydrogen) atoms. The van der Waals surface area contributed by atoms with Gasteiger partial charge in [-0.1, -0.05) is 0 Å². The maximum atomic E-state index is 12.3. The van der Waals surface area contributed by atoms with Crippen LogP contribution >= 0.6 is 11.8 Å². The van der Waals surface area contributed by atoms with E-state index in [0.717, 1.165) is 10.1 Å². The van der Waals surface area contributed by atoms with Gasteiger partial charge in [-0.25, -0.2) is 0 Å². The Morgan fingerprint density at radius 2 is 1.96 bits per heavy atom. The highest BCUT2D eigenvalue weighted by Crippen LogP contribution is 2.26. The Bertz CT molecular complexity index is 930. The molecule has 0 radical (unpaired) electrons. The first kappa shape index (κ1) is 16.0. The smallest absolute Gasteiger partial charge is 0.257 e. The number of aromatic amines is 1. The fourth-order valence-electron chi connectivity index (χ4n) is 2.10. The van der Waals surface area contributed by atoms with Crippen LogP contribution in [0.1, 0.15) is 16.1 Å². The van der Waals surface area contributed by atoms with Crippen molar-refractivity contribution in [1.82, 2.24) is 19.7 Å². The molecule has 0 saturated heterocycles. The number of anilines is 1. The minimum absolute atomic E-state index is 0.228. The van der Waals surface area contributed by atoms with Crippen molar-refractivity contribution >= 4 is 23.4 Å². The maximum absolute atomic E-state index is 12.3. The summed E-state index contributed by atoms with van der Waals surface area (Å²) in [6.45, 7) is 1.69. The molecule has 8 heteroatoms. The number of carbonyl (C=O) groups excluding carboxylic acids is 1. The van der Waals surface area contributed by atoms with E-state index < -0.39 is 0 Å². The van der Waals surface area contributed by atoms with Crippen molar-refractivity contribution in [2.75, 3.05) is 5.32 Å². The zero-order valence-electron chi connectivity index (χ0n) is 13.1. The number of pyridine rings is 1. The van der Waals surface area contributed by atoms with Crippen molar-refractivity contribution in [3.05, 3.63) is 64.3 Å². The van der Waals surface area contributed by atoms with Crippen LogP contribution in [0.2, 0.25) is 0 Å². The second-order valence-electron chi connectivity index (χ2n) is 5.17. The molecular formula is C16H15N5O2S. The topological polar surface area (TPSA) is 92.7 Å². The highest BCUT2D eigenvalue weighted by molar-refractivity contribution is 7.99. The van der Waals surface area contributed by atoms with Gasteiger partial charge in [0.25, 0.3) is 5.91 Å². The van der Waals surface area contributed by atoms with Gasteiger partial charge in [0.15, 0.2) is 5.16 Å². The predicted octanol–water partition coefficient (Wildman–Crippen LogP) is 2.22. The van der Waals surface area contributed by atoms with Crippen LogP contribution in [0, 0.1) is 6.92 Å². The number of hydrogen-bond donors (Lipinski definition) is 2. The highest BCUT2D eigenvalue weighted by atomic mass is 32.2. The summed E-state index contributed by atoms with van der Waals surface area (Å²) in [5, 5.41) is 11.4. The molecule has 1 amide bonds. The van der Waals surface area contributed by atoms with Gasteiger partial charge in [0.1, 0.15) is 6.33 Å². The second kappa shape index (κ2) is 6.71. The molecule has 0 bridgehead atoms. The van der Waals surface area contributed by atoms with E-state index in [4.69, 9.17) is 0 Å². The van der Waals surface area contributed by atoms with Crippen molar-refractivity contribution in [3.63, 3.8) is 0 Å². The number of aromatic nitrogens is 4. The molecule has 3 aromatic rings. The quantitative estimate of drug-likeness (QED) is 0.759. The molecule has 3 rings (SSSR count). The first-order valence-electron chi connectivity index (χ1n) is 7.16. The van der Waals surface area contributed by atoms with E-state index in [2.05, 4.69) is 20.5 Å². The number of nitrogens with zero attached hydrogens (tertiary/aromatic N) is 3. The fraction of sp³-hybridized carbons (Fsp3) is 0.125. The third kappa shape index (κ3) is 3.54. The molecule has 0 unspecified atom stereocenters. The summed E-state index contributed by atoms with van der Waals surface area (Å²) in [7, 11) is 1.88. The Morgan fingerprint density at radius 3 is 2.58 bits per heavy atom. The largest absolute Gasteiger partial charge is 0.326 e. The van der Waals surface area contributed by atoms with Crippen LogP contribution in [-0.2, 0) is 7.05 Å². The van der Waals surface area contributed by atoms with Crippen LogP contribution in [0.4, 0.5) is 5.69 Å². The molecular weight excluding hydrogens is 326 g/mol. The Morgan fingerprint density at radius 1 is 1.21 bits per heavy atom. The summed E-state index contributed by atoms with van der Waals surface area (Å²) < 4.78 is 1.83. The standard InChI is InChI=1S/C16H15N5O2S/c1-10-13(7-8-14(22)18-10)15(23)19-11-3-5-12(6-4-11)24-16-20-17-9-21(16)2/h3-9H,1-2H3,(H,18,22)(H,19,23). The molecule has 0 aliphatic heterocycles. The molecule has 0 saturated carbocycles. The number of nitrogens with one attached hydrogen (secondary N) is 2. The summed E-state index contributed by atoms with van der Waals surface area (Å²) >= 11 is 1.49. The van der Waals surface area contributed by atoms with Crippen LogP contribution in [0.15, 0.2) is 57.6 Å². The van der Waals surface area contributed by atoms with Crippen LogP contribution in [0.5, 0.6) is 0 Å². The van der Waals surface area contributed by atoms with Gasteiger partial charge in [-0.3, -0.25) is 9.59 Å². The molecule has 0 aliphatic carbocycles. The average molecular weight is 341 g/mol. The van der Waals surface area contributed by atoms with Gasteiger partial charge in [0.05, 0.1) is 5.56 Å². The van der Waals surface area contributed by atoms with Gasteiger partial charge in [-0.15, -0.1) is 10.2 Å². The second-order valence-corrected chi connectivity index (χ2v) is 6.21. The van der Waals surface area contributed by atoms with E-state index in [1.54, 1.807) is 13.3 Å². The Balaban J connectivity index is 1.71. The van der Waals surface area contributed by atoms with E-state index in [-0.39, 0.29) is 11.5 Å². The summed E-state index contributed by atoms with van der Waals surface area (Å²) in [4.78, 5) is 27.1. The molecule has 0 spiro atoms. The van der Waals surface area contributed by atoms with Gasteiger partial charge in [0.2, 0.25) is 5.56 Å². The Kier molecular flexibility index (Phi) is 4.48. The van der Waals surface area contributed by atoms with E-state index in [1.165, 1.54) is 23.9 Å². The molecule has 2 aromatic heterocycles. The lowest BCUT2D eigenvalue weighted by Crippen LogP contribution is -2.17. The first-order chi connectivity index (χ1) is 11.5. The number of H-pyrrole nitrogens is 1. The van der Waals surface area contributed by atoms with Crippen molar-refractivity contribution < 1.29 is 4.79 Å². The predicted molar refractivity (Wildman–Crippen MR) is 91.3 cm³/mol. The molecule has 7 nitrogen and oxygen atoms in total. The number of aryl methyl sites for hydroxylation is 2. The van der Waals surface area contributed by atoms with Crippen LogP contribution in [-0.4, -0.2) is 25.7 Å². The van der Waals surface area contributed by atoms with Gasteiger partial charge in [-0.05, 0) is 49.0 Å². The molecule has 0 fully saturated rings. The Labute approximate surface area is 142 Å². The molecule has 0 atom stereocenters. The summed E-state index contributed by atoms with van der Waals surface area (Å²) in [6.07, 6.45) is 1.64. The molecule has 2 heterocycles. The van der Waals surface area contributed by atoms with Crippen LogP contribution in [0.25, 0.3) is 0 Å². The normalized spacial score (nSPS) is 10.6. The van der Waals surface area contributed by atoms with E-state index in [1.807, 2.05) is 35.9 Å². The number of carbonyl (C=O) groups is 1. The van der Waals surface area contributed by atoms with Crippen molar-refractivity contribution in [2.45, 2.75) is 17.0 Å². The summed E-state index contributed by atoms with van der Waals surface area (Å²) in [6, 6.07) is 10.3. The van der Waals surface area contributed by atoms with Crippen molar-refractivity contribution in [2.24, 2.45) is 7.05 Å². The number of rotatable bonds is 4. The van der Waals surface area contributed by atoms with Crippen LogP contribution < -0.4 is 10.9 Å². The van der Waals surface area contributed by atoms with Gasteiger partial charge < -0.3 is 14.9 Å². The molecule has 0 aliphatic rings. The zero-order chi connectivity index (χ0) is 17.1. The Hall–Kier alpha value is -2.87. The van der Waals surface area contributed by atoms with E-state index in [0.29, 0.717) is 16.9 Å². The number of hydrogen-bond acceptors (Lipinski definition) is 5. The monoisotopic (exact) mass is 341 g/mol. The lowest BCUT2D eigenvalue weighted by atomic mass is 10.2. The summed E-state index contributed by atoms with van der Waals surface area (Å²) in [5.74, 6) is -0.266. The van der Waals surface area contributed by atoms with Crippen LogP contribution in [0.3, 0.4) is 0 Å². The first-order valence-corrected chi connectivity index (χ1v) is 7.98. The lowest BCUT2D eigenvalue weighted by molar-refractivity contribution is 0.102. The van der Waals surface area contributed by atoms with E-state index in [9.17, 15) is 9.59 Å². The third-order valence-electron chi connectivity index (χ3n) is 3.35. The SMILES string of the molecule is Cc1[nH]c(=O)ccc1C(=O)Nc1ccc(Sc2nncn2C)cc1. The van der Waals surface area contributed by atoms with Gasteiger partial charge in [0, 0.05) is 29.4 Å². The lowest BCUT2D eigenvalue weighted by Gasteiger charge is -2.08. The number of benzene rings is 1. The van der Waals surface area contributed by atoms with Crippen molar-refractivity contribution in [1.29, 1.82) is 0 Å². The van der Waals surface area contributed by atoms with Crippen molar-refractivity contribution in [3.8, 4) is 0 Å². The minimum Gasteiger partial charge on any atom is -0.326 e. The molecule has 122 valence electrons. The number of amides is 1. The van der Waals surface area contributed by atoms with E-state index >= 15 is 0 Å². The molecule has 2 N–H and O–H groups in total. The minimum atomic E-state index is -0.266. The average Bonchev–Trinajstić information content (AvgIpc) is 2.94.